The van der Waals surface area contributed by atoms with Crippen LogP contribution in [0.5, 0.6) is 0 Å². The third kappa shape index (κ3) is 4.29. The Balaban J connectivity index is 4.10. The molecule has 1 atom stereocenters. The van der Waals surface area contributed by atoms with E-state index in [9.17, 15) is 13.2 Å². The van der Waals surface area contributed by atoms with E-state index < -0.39 is 18.9 Å². The minimum atomic E-state index is -4.49. The highest BCUT2D eigenvalue weighted by Crippen LogP contribution is 2.23. The summed E-state index contributed by atoms with van der Waals surface area (Å²) >= 11 is 0. The summed E-state index contributed by atoms with van der Waals surface area (Å²) in [5, 5.41) is 9.35. The second kappa shape index (κ2) is 5.02. The molecule has 1 unspecified atom stereocenters. The fourth-order valence-electron chi connectivity index (χ4n) is 0.576. The van der Waals surface area contributed by atoms with E-state index in [4.69, 9.17) is 5.21 Å². The van der Waals surface area contributed by atoms with Crippen LogP contribution in [0.4, 0.5) is 13.2 Å². The molecule has 0 radical (unpaired) electrons. The molecule has 0 aromatic rings. The molecule has 0 aromatic heterocycles. The lowest BCUT2D eigenvalue weighted by Crippen LogP contribution is -2.31. The number of rotatable bonds is 5. The molecule has 14 heavy (non-hydrogen) atoms. The number of ether oxygens (including phenoxy) is 1. The Morgan fingerprint density at radius 1 is 1.64 bits per heavy atom. The molecule has 0 spiro atoms. The van der Waals surface area contributed by atoms with Crippen LogP contribution in [-0.4, -0.2) is 36.2 Å². The van der Waals surface area contributed by atoms with E-state index >= 15 is 0 Å². The SMILES string of the molecule is C=CC(OCC(=C)N(C)O)C(F)(F)F. The molecular weight excluding hydrogens is 199 g/mol. The second-order valence-corrected chi connectivity index (χ2v) is 2.60. The molecule has 82 valence electrons. The summed E-state index contributed by atoms with van der Waals surface area (Å²) in [7, 11) is 1.24. The topological polar surface area (TPSA) is 32.7 Å². The molecule has 6 heteroatoms. The van der Waals surface area contributed by atoms with E-state index in [1.807, 2.05) is 0 Å². The van der Waals surface area contributed by atoms with E-state index in [-0.39, 0.29) is 5.70 Å². The summed E-state index contributed by atoms with van der Waals surface area (Å²) in [5.74, 6) is 0. The smallest absolute Gasteiger partial charge is 0.358 e. The molecule has 0 aliphatic carbocycles. The first-order chi connectivity index (χ1) is 6.29. The van der Waals surface area contributed by atoms with Gasteiger partial charge in [-0.1, -0.05) is 12.7 Å². The van der Waals surface area contributed by atoms with Crippen molar-refractivity contribution in [2.75, 3.05) is 13.7 Å². The molecule has 0 bridgehead atoms. The first-order valence-corrected chi connectivity index (χ1v) is 3.70. The Morgan fingerprint density at radius 3 is 2.43 bits per heavy atom. The molecule has 0 saturated heterocycles. The monoisotopic (exact) mass is 211 g/mol. The molecular formula is C8H12F3NO2. The molecule has 0 saturated carbocycles. The van der Waals surface area contributed by atoms with Crippen molar-refractivity contribution in [2.45, 2.75) is 12.3 Å². The van der Waals surface area contributed by atoms with Crippen LogP contribution in [0.25, 0.3) is 0 Å². The Bertz CT molecular complexity index is 213. The lowest BCUT2D eigenvalue weighted by Gasteiger charge is -2.19. The Labute approximate surface area is 80.0 Å². The maximum atomic E-state index is 12.1. The van der Waals surface area contributed by atoms with Gasteiger partial charge in [0, 0.05) is 7.05 Å². The molecule has 0 amide bonds. The van der Waals surface area contributed by atoms with Crippen molar-refractivity contribution >= 4 is 0 Å². The minimum absolute atomic E-state index is 0.0288. The van der Waals surface area contributed by atoms with Crippen molar-refractivity contribution < 1.29 is 23.1 Å². The van der Waals surface area contributed by atoms with Crippen molar-refractivity contribution in [1.82, 2.24) is 5.06 Å². The van der Waals surface area contributed by atoms with Crippen molar-refractivity contribution in [2.24, 2.45) is 0 Å². The van der Waals surface area contributed by atoms with Crippen LogP contribution < -0.4 is 0 Å². The molecule has 0 aliphatic rings. The van der Waals surface area contributed by atoms with E-state index in [2.05, 4.69) is 17.9 Å². The van der Waals surface area contributed by atoms with Crippen molar-refractivity contribution in [3.05, 3.63) is 24.9 Å². The van der Waals surface area contributed by atoms with Crippen LogP contribution in [0.2, 0.25) is 0 Å². The normalized spacial score (nSPS) is 13.5. The van der Waals surface area contributed by atoms with Crippen molar-refractivity contribution in [1.29, 1.82) is 0 Å². The molecule has 1 N–H and O–H groups in total. The van der Waals surface area contributed by atoms with Gasteiger partial charge in [0.25, 0.3) is 0 Å². The van der Waals surface area contributed by atoms with E-state index in [0.717, 1.165) is 0 Å². The largest absolute Gasteiger partial charge is 0.418 e. The predicted octanol–water partition coefficient (Wildman–Crippen LogP) is 1.95. The van der Waals surface area contributed by atoms with Crippen molar-refractivity contribution in [3.8, 4) is 0 Å². The molecule has 3 nitrogen and oxygen atoms in total. The first-order valence-electron chi connectivity index (χ1n) is 3.70. The number of hydrogen-bond acceptors (Lipinski definition) is 3. The molecule has 0 aromatic carbocycles. The van der Waals surface area contributed by atoms with Gasteiger partial charge in [-0.15, -0.1) is 6.58 Å². The van der Waals surface area contributed by atoms with Crippen LogP contribution in [0.3, 0.4) is 0 Å². The molecule has 0 aliphatic heterocycles. The van der Waals surface area contributed by atoms with Gasteiger partial charge in [-0.3, -0.25) is 10.3 Å². The average Bonchev–Trinajstić information content (AvgIpc) is 2.02. The standard InChI is InChI=1S/C8H12F3NO2/c1-4-7(8(9,10)11)14-5-6(2)12(3)13/h4,7,13H,1-2,5H2,3H3. The van der Waals surface area contributed by atoms with Crippen LogP contribution in [0.15, 0.2) is 24.9 Å². The van der Waals surface area contributed by atoms with Gasteiger partial charge in [0.05, 0.1) is 12.3 Å². The van der Waals surface area contributed by atoms with Gasteiger partial charge >= 0.3 is 6.18 Å². The number of nitrogens with zero attached hydrogens (tertiary/aromatic N) is 1. The van der Waals surface area contributed by atoms with Gasteiger partial charge in [0.15, 0.2) is 6.10 Å². The van der Waals surface area contributed by atoms with E-state index in [1.54, 1.807) is 0 Å². The fourth-order valence-corrected chi connectivity index (χ4v) is 0.576. The van der Waals surface area contributed by atoms with Gasteiger partial charge in [0.1, 0.15) is 0 Å². The zero-order valence-electron chi connectivity index (χ0n) is 7.71. The summed E-state index contributed by atoms with van der Waals surface area (Å²) in [4.78, 5) is 0. The first kappa shape index (κ1) is 13.0. The summed E-state index contributed by atoms with van der Waals surface area (Å²) in [6.45, 7) is 5.88. The van der Waals surface area contributed by atoms with Gasteiger partial charge in [-0.2, -0.15) is 13.2 Å². The maximum Gasteiger partial charge on any atom is 0.418 e. The number of halogens is 3. The lowest BCUT2D eigenvalue weighted by molar-refractivity contribution is -0.204. The average molecular weight is 211 g/mol. The summed E-state index contributed by atoms with van der Waals surface area (Å²) in [5.41, 5.74) is 0.0288. The summed E-state index contributed by atoms with van der Waals surface area (Å²) in [6.07, 6.45) is -5.89. The van der Waals surface area contributed by atoms with Gasteiger partial charge < -0.3 is 4.74 Å². The van der Waals surface area contributed by atoms with E-state index in [0.29, 0.717) is 11.1 Å². The highest BCUT2D eigenvalue weighted by molar-refractivity contribution is 4.92. The predicted molar refractivity (Wildman–Crippen MR) is 44.7 cm³/mol. The summed E-state index contributed by atoms with van der Waals surface area (Å²) < 4.78 is 40.6. The molecule has 0 rings (SSSR count). The van der Waals surface area contributed by atoms with E-state index in [1.165, 1.54) is 7.05 Å². The Hall–Kier alpha value is -1.01. The van der Waals surface area contributed by atoms with Gasteiger partial charge in [0.2, 0.25) is 0 Å². The second-order valence-electron chi connectivity index (χ2n) is 2.60. The number of likely N-dealkylation sites (N-methyl/N-ethyl adjacent to an activating group) is 1. The Kier molecular flexibility index (Phi) is 4.65. The zero-order valence-corrected chi connectivity index (χ0v) is 7.71. The van der Waals surface area contributed by atoms with Crippen LogP contribution in [0.1, 0.15) is 0 Å². The van der Waals surface area contributed by atoms with Crippen LogP contribution >= 0.6 is 0 Å². The quantitative estimate of drug-likeness (QED) is 0.557. The maximum absolute atomic E-state index is 12.1. The number of alkyl halides is 3. The van der Waals surface area contributed by atoms with Gasteiger partial charge in [-0.25, -0.2) is 0 Å². The number of hydroxylamine groups is 2. The highest BCUT2D eigenvalue weighted by atomic mass is 19.4. The minimum Gasteiger partial charge on any atom is -0.358 e. The molecule has 0 fully saturated rings. The fraction of sp³-hybridized carbons (Fsp3) is 0.500. The molecule has 0 heterocycles. The highest BCUT2D eigenvalue weighted by Gasteiger charge is 2.38. The van der Waals surface area contributed by atoms with Crippen LogP contribution in [0, 0.1) is 0 Å². The van der Waals surface area contributed by atoms with Crippen molar-refractivity contribution in [3.63, 3.8) is 0 Å². The lowest BCUT2D eigenvalue weighted by atomic mass is 10.3. The van der Waals surface area contributed by atoms with Crippen LogP contribution in [-0.2, 0) is 4.74 Å². The van der Waals surface area contributed by atoms with Gasteiger partial charge in [-0.05, 0) is 0 Å². The zero-order chi connectivity index (χ0) is 11.4. The third-order valence-corrected chi connectivity index (χ3v) is 1.42. The Morgan fingerprint density at radius 2 is 2.14 bits per heavy atom. The number of hydrogen-bond donors (Lipinski definition) is 1. The summed E-state index contributed by atoms with van der Waals surface area (Å²) in [6, 6.07) is 0. The third-order valence-electron chi connectivity index (χ3n) is 1.42.